The van der Waals surface area contributed by atoms with Gasteiger partial charge in [-0.1, -0.05) is 0 Å². The van der Waals surface area contributed by atoms with Crippen molar-refractivity contribution in [2.24, 2.45) is 11.8 Å². The highest BCUT2D eigenvalue weighted by Crippen LogP contribution is 2.40. The molecule has 1 saturated carbocycles. The first kappa shape index (κ1) is 17.5. The van der Waals surface area contributed by atoms with Crippen molar-refractivity contribution in [1.82, 2.24) is 15.1 Å². The molecule has 1 aliphatic heterocycles. The molecule has 3 amide bonds. The van der Waals surface area contributed by atoms with Crippen LogP contribution in [0, 0.1) is 11.8 Å². The number of urea groups is 1. The maximum Gasteiger partial charge on any atom is 0.317 e. The molecule has 130 valence electrons. The lowest BCUT2D eigenvalue weighted by molar-refractivity contribution is -0.145. The van der Waals surface area contributed by atoms with Gasteiger partial charge in [-0.15, -0.1) is 0 Å². The first-order valence-electron chi connectivity index (χ1n) is 8.03. The minimum Gasteiger partial charge on any atom is -0.466 e. The second-order valence-corrected chi connectivity index (χ2v) is 5.85. The van der Waals surface area contributed by atoms with Gasteiger partial charge in [-0.2, -0.15) is 0 Å². The van der Waals surface area contributed by atoms with Crippen molar-refractivity contribution >= 4 is 17.9 Å². The normalized spacial score (nSPS) is 22.7. The molecule has 1 aliphatic carbocycles. The molecule has 2 fully saturated rings. The molecule has 0 radical (unpaired) electrons. The highest BCUT2D eigenvalue weighted by atomic mass is 16.5. The van der Waals surface area contributed by atoms with E-state index in [1.54, 1.807) is 16.7 Å². The third-order valence-corrected chi connectivity index (χ3v) is 4.17. The van der Waals surface area contributed by atoms with Crippen LogP contribution in [0.2, 0.25) is 0 Å². The third-order valence-electron chi connectivity index (χ3n) is 4.17. The summed E-state index contributed by atoms with van der Waals surface area (Å²) in [6.07, 6.45) is 0.750. The van der Waals surface area contributed by atoms with E-state index in [0.29, 0.717) is 39.3 Å². The van der Waals surface area contributed by atoms with Crippen LogP contribution < -0.4 is 5.32 Å². The van der Waals surface area contributed by atoms with Gasteiger partial charge in [-0.3, -0.25) is 9.59 Å². The Morgan fingerprint density at radius 1 is 1.43 bits per heavy atom. The average molecular weight is 327 g/mol. The molecule has 23 heavy (non-hydrogen) atoms. The Morgan fingerprint density at radius 2 is 2.22 bits per heavy atom. The standard InChI is InChI=1S/C15H25N3O5/c1-3-23-14(20)12-8-11(12)9-18(13(19)10-22-2)7-6-17-5-4-16-15(17)21/h11-12H,3-10H2,1-2H3,(H,16,21)/t11-,12-/m1/s1. The largest absolute Gasteiger partial charge is 0.466 e. The molecular formula is C15H25N3O5. The SMILES string of the molecule is CCOC(=O)[C@@H]1C[C@@H]1CN(CCN1CCNC1=O)C(=O)COC. The van der Waals surface area contributed by atoms with E-state index in [-0.39, 0.29) is 36.4 Å². The van der Waals surface area contributed by atoms with Crippen LogP contribution in [-0.4, -0.2) is 80.8 Å². The predicted molar refractivity (Wildman–Crippen MR) is 81.7 cm³/mol. The van der Waals surface area contributed by atoms with Crippen molar-refractivity contribution in [1.29, 1.82) is 0 Å². The molecular weight excluding hydrogens is 302 g/mol. The fourth-order valence-electron chi connectivity index (χ4n) is 2.77. The maximum absolute atomic E-state index is 12.2. The summed E-state index contributed by atoms with van der Waals surface area (Å²) in [5.41, 5.74) is 0. The van der Waals surface area contributed by atoms with Gasteiger partial charge in [0.2, 0.25) is 5.91 Å². The van der Waals surface area contributed by atoms with Crippen molar-refractivity contribution in [3.8, 4) is 0 Å². The van der Waals surface area contributed by atoms with Crippen LogP contribution in [0.5, 0.6) is 0 Å². The number of nitrogens with zero attached hydrogens (tertiary/aromatic N) is 2. The Labute approximate surface area is 136 Å². The number of carbonyl (C=O) groups is 3. The Bertz CT molecular complexity index is 456. The minimum absolute atomic E-state index is 0.00297. The first-order valence-corrected chi connectivity index (χ1v) is 8.03. The number of esters is 1. The Hall–Kier alpha value is -1.83. The zero-order chi connectivity index (χ0) is 16.8. The average Bonchev–Trinajstić information content (AvgIpc) is 3.18. The Morgan fingerprint density at radius 3 is 2.83 bits per heavy atom. The van der Waals surface area contributed by atoms with Crippen LogP contribution in [-0.2, 0) is 19.1 Å². The van der Waals surface area contributed by atoms with Crippen LogP contribution in [0.4, 0.5) is 4.79 Å². The van der Waals surface area contributed by atoms with E-state index in [4.69, 9.17) is 9.47 Å². The fourth-order valence-corrected chi connectivity index (χ4v) is 2.77. The van der Waals surface area contributed by atoms with E-state index in [2.05, 4.69) is 5.32 Å². The highest BCUT2D eigenvalue weighted by molar-refractivity contribution is 5.79. The number of methoxy groups -OCH3 is 1. The van der Waals surface area contributed by atoms with Gasteiger partial charge in [0.05, 0.1) is 12.5 Å². The maximum atomic E-state index is 12.2. The zero-order valence-electron chi connectivity index (χ0n) is 13.7. The molecule has 0 unspecified atom stereocenters. The number of amides is 3. The number of ether oxygens (including phenoxy) is 2. The number of hydrogen-bond donors (Lipinski definition) is 1. The van der Waals surface area contributed by atoms with E-state index < -0.39 is 0 Å². The molecule has 8 nitrogen and oxygen atoms in total. The molecule has 1 heterocycles. The Kier molecular flexibility index (Phi) is 6.20. The van der Waals surface area contributed by atoms with Crippen LogP contribution in [0.15, 0.2) is 0 Å². The summed E-state index contributed by atoms with van der Waals surface area (Å²) in [5.74, 6) is -0.276. The van der Waals surface area contributed by atoms with E-state index in [0.717, 1.165) is 6.42 Å². The van der Waals surface area contributed by atoms with Gasteiger partial charge in [0, 0.05) is 39.8 Å². The number of rotatable bonds is 9. The smallest absolute Gasteiger partial charge is 0.317 e. The minimum atomic E-state index is -0.185. The van der Waals surface area contributed by atoms with Crippen molar-refractivity contribution in [2.45, 2.75) is 13.3 Å². The summed E-state index contributed by atoms with van der Waals surface area (Å²) in [4.78, 5) is 38.8. The van der Waals surface area contributed by atoms with E-state index >= 15 is 0 Å². The van der Waals surface area contributed by atoms with E-state index in [1.165, 1.54) is 7.11 Å². The van der Waals surface area contributed by atoms with Gasteiger partial charge in [-0.25, -0.2) is 4.79 Å². The third kappa shape index (κ3) is 4.82. The lowest BCUT2D eigenvalue weighted by Crippen LogP contribution is -2.42. The van der Waals surface area contributed by atoms with Crippen molar-refractivity contribution < 1.29 is 23.9 Å². The van der Waals surface area contributed by atoms with Crippen LogP contribution >= 0.6 is 0 Å². The molecule has 0 bridgehead atoms. The summed E-state index contributed by atoms with van der Waals surface area (Å²) in [7, 11) is 1.47. The summed E-state index contributed by atoms with van der Waals surface area (Å²) in [6, 6.07) is -0.0973. The van der Waals surface area contributed by atoms with Crippen LogP contribution in [0.1, 0.15) is 13.3 Å². The van der Waals surface area contributed by atoms with Gasteiger partial charge in [0.1, 0.15) is 6.61 Å². The molecule has 0 aromatic heterocycles. The van der Waals surface area contributed by atoms with E-state index in [9.17, 15) is 14.4 Å². The van der Waals surface area contributed by atoms with Gasteiger partial charge in [0.15, 0.2) is 0 Å². The van der Waals surface area contributed by atoms with Gasteiger partial charge in [-0.05, 0) is 19.3 Å². The van der Waals surface area contributed by atoms with Crippen LogP contribution in [0.3, 0.4) is 0 Å². The monoisotopic (exact) mass is 327 g/mol. The molecule has 2 aliphatic rings. The Balaban J connectivity index is 1.84. The lowest BCUT2D eigenvalue weighted by Gasteiger charge is -2.25. The number of hydrogen-bond acceptors (Lipinski definition) is 5. The molecule has 8 heteroatoms. The number of nitrogens with one attached hydrogen (secondary N) is 1. The van der Waals surface area contributed by atoms with Crippen molar-refractivity contribution in [2.75, 3.05) is 53.0 Å². The summed E-state index contributed by atoms with van der Waals surface area (Å²) >= 11 is 0. The van der Waals surface area contributed by atoms with Gasteiger partial charge < -0.3 is 24.6 Å². The first-order chi connectivity index (χ1) is 11.1. The second-order valence-electron chi connectivity index (χ2n) is 5.85. The van der Waals surface area contributed by atoms with Crippen molar-refractivity contribution in [3.63, 3.8) is 0 Å². The fraction of sp³-hybridized carbons (Fsp3) is 0.800. The van der Waals surface area contributed by atoms with Gasteiger partial charge in [0.25, 0.3) is 0 Å². The van der Waals surface area contributed by atoms with E-state index in [1.807, 2.05) is 0 Å². The summed E-state index contributed by atoms with van der Waals surface area (Å²) in [6.45, 7) is 4.88. The zero-order valence-corrected chi connectivity index (χ0v) is 13.7. The number of carbonyl (C=O) groups excluding carboxylic acids is 3. The van der Waals surface area contributed by atoms with Gasteiger partial charge >= 0.3 is 12.0 Å². The molecule has 0 spiro atoms. The molecule has 0 aromatic rings. The second kappa shape index (κ2) is 8.14. The molecule has 1 saturated heterocycles. The predicted octanol–water partition coefficient (Wildman–Crippen LogP) is -0.314. The molecule has 2 atom stereocenters. The van der Waals surface area contributed by atoms with Crippen LogP contribution in [0.25, 0.3) is 0 Å². The lowest BCUT2D eigenvalue weighted by atomic mass is 10.3. The summed E-state index contributed by atoms with van der Waals surface area (Å²) in [5, 5.41) is 2.73. The highest BCUT2D eigenvalue weighted by Gasteiger charge is 2.45. The van der Waals surface area contributed by atoms with Crippen molar-refractivity contribution in [3.05, 3.63) is 0 Å². The topological polar surface area (TPSA) is 88.2 Å². The quantitative estimate of drug-likeness (QED) is 0.587. The summed E-state index contributed by atoms with van der Waals surface area (Å²) < 4.78 is 9.93. The molecule has 1 N–H and O–H groups in total. The molecule has 0 aromatic carbocycles. The molecule has 2 rings (SSSR count).